The van der Waals surface area contributed by atoms with Gasteiger partial charge in [-0.3, -0.25) is 9.48 Å². The van der Waals surface area contributed by atoms with E-state index in [1.165, 1.54) is 7.11 Å². The number of ether oxygens (including phenoxy) is 1. The molecule has 0 radical (unpaired) electrons. The monoisotopic (exact) mass is 239 g/mol. The third-order valence-corrected chi connectivity index (χ3v) is 3.07. The number of carbonyl (C=O) groups is 1. The summed E-state index contributed by atoms with van der Waals surface area (Å²) in [6.07, 6.45) is 0.310. The first kappa shape index (κ1) is 13.7. The Morgan fingerprint density at radius 3 is 2.59 bits per heavy atom. The molecule has 1 atom stereocenters. The van der Waals surface area contributed by atoms with E-state index in [1.54, 1.807) is 0 Å². The highest BCUT2D eigenvalue weighted by atomic mass is 16.5. The van der Waals surface area contributed by atoms with Crippen molar-refractivity contribution in [2.24, 2.45) is 5.73 Å². The summed E-state index contributed by atoms with van der Waals surface area (Å²) in [7, 11) is 1.39. The van der Waals surface area contributed by atoms with E-state index in [4.69, 9.17) is 10.5 Å². The van der Waals surface area contributed by atoms with Crippen LogP contribution in [-0.2, 0) is 16.1 Å². The summed E-state index contributed by atoms with van der Waals surface area (Å²) in [5, 5.41) is 4.44. The van der Waals surface area contributed by atoms with E-state index in [2.05, 4.69) is 5.10 Å². The van der Waals surface area contributed by atoms with E-state index in [0.717, 1.165) is 23.5 Å². The Morgan fingerprint density at radius 2 is 2.18 bits per heavy atom. The normalized spacial score (nSPS) is 12.5. The molecule has 17 heavy (non-hydrogen) atoms. The fraction of sp³-hybridized carbons (Fsp3) is 0.667. The summed E-state index contributed by atoms with van der Waals surface area (Å²) >= 11 is 0. The molecule has 5 nitrogen and oxygen atoms in total. The van der Waals surface area contributed by atoms with E-state index >= 15 is 0 Å². The third-order valence-electron chi connectivity index (χ3n) is 3.07. The van der Waals surface area contributed by atoms with Crippen LogP contribution >= 0.6 is 0 Å². The molecule has 0 aliphatic heterocycles. The van der Waals surface area contributed by atoms with Gasteiger partial charge in [-0.2, -0.15) is 5.10 Å². The van der Waals surface area contributed by atoms with E-state index in [-0.39, 0.29) is 11.9 Å². The van der Waals surface area contributed by atoms with Crippen LogP contribution in [0.15, 0.2) is 0 Å². The Kier molecular flexibility index (Phi) is 4.69. The molecule has 0 aliphatic rings. The average molecular weight is 239 g/mol. The van der Waals surface area contributed by atoms with Crippen molar-refractivity contribution in [1.82, 2.24) is 9.78 Å². The Balaban J connectivity index is 3.03. The lowest BCUT2D eigenvalue weighted by Crippen LogP contribution is -2.18. The van der Waals surface area contributed by atoms with Crippen molar-refractivity contribution in [1.29, 1.82) is 0 Å². The van der Waals surface area contributed by atoms with Crippen molar-refractivity contribution in [3.05, 3.63) is 17.0 Å². The zero-order valence-corrected chi connectivity index (χ0v) is 11.0. The summed E-state index contributed by atoms with van der Waals surface area (Å²) in [6.45, 7) is 7.25. The number of nitrogens with zero attached hydrogens (tertiary/aromatic N) is 2. The van der Waals surface area contributed by atoms with Gasteiger partial charge in [-0.05, 0) is 27.3 Å². The molecule has 0 aliphatic carbocycles. The minimum Gasteiger partial charge on any atom is -0.469 e. The lowest BCUT2D eigenvalue weighted by atomic mass is 9.94. The number of rotatable bonds is 5. The Hall–Kier alpha value is -1.36. The molecule has 0 fully saturated rings. The van der Waals surface area contributed by atoms with Crippen LogP contribution in [0.2, 0.25) is 0 Å². The van der Waals surface area contributed by atoms with E-state index < -0.39 is 0 Å². The SMILES string of the molecule is CCn1nc(C)c(C(CN)CC(=O)OC)c1C. The quantitative estimate of drug-likeness (QED) is 0.782. The number of hydrogen-bond acceptors (Lipinski definition) is 4. The molecule has 0 amide bonds. The first-order chi connectivity index (χ1) is 8.04. The molecule has 1 aromatic rings. The number of carbonyl (C=O) groups excluding carboxylic acids is 1. The van der Waals surface area contributed by atoms with Crippen molar-refractivity contribution in [3.63, 3.8) is 0 Å². The Labute approximate surface area is 102 Å². The van der Waals surface area contributed by atoms with Gasteiger partial charge >= 0.3 is 5.97 Å². The second-order valence-corrected chi connectivity index (χ2v) is 4.11. The molecular weight excluding hydrogens is 218 g/mol. The van der Waals surface area contributed by atoms with E-state index in [1.807, 2.05) is 25.5 Å². The molecule has 0 aromatic carbocycles. The lowest BCUT2D eigenvalue weighted by molar-refractivity contribution is -0.141. The number of aromatic nitrogens is 2. The predicted octanol–water partition coefficient (Wildman–Crippen LogP) is 1.13. The van der Waals surface area contributed by atoms with Crippen LogP contribution in [0.5, 0.6) is 0 Å². The van der Waals surface area contributed by atoms with Crippen LogP contribution in [0, 0.1) is 13.8 Å². The molecule has 0 bridgehead atoms. The topological polar surface area (TPSA) is 70.1 Å². The van der Waals surface area contributed by atoms with Gasteiger partial charge in [0.1, 0.15) is 0 Å². The number of nitrogens with two attached hydrogens (primary N) is 1. The predicted molar refractivity (Wildman–Crippen MR) is 65.8 cm³/mol. The fourth-order valence-electron chi connectivity index (χ4n) is 2.20. The van der Waals surface area contributed by atoms with Crippen LogP contribution in [0.1, 0.15) is 36.2 Å². The first-order valence-corrected chi connectivity index (χ1v) is 5.85. The zero-order chi connectivity index (χ0) is 13.0. The molecule has 1 rings (SSSR count). The summed E-state index contributed by atoms with van der Waals surface area (Å²) in [4.78, 5) is 11.3. The van der Waals surface area contributed by atoms with Gasteiger partial charge in [-0.15, -0.1) is 0 Å². The van der Waals surface area contributed by atoms with Crippen LogP contribution < -0.4 is 5.73 Å². The van der Waals surface area contributed by atoms with Crippen LogP contribution in [0.3, 0.4) is 0 Å². The lowest BCUT2D eigenvalue weighted by Gasteiger charge is -2.14. The molecule has 0 saturated heterocycles. The number of hydrogen-bond donors (Lipinski definition) is 1. The minimum atomic E-state index is -0.233. The molecule has 5 heteroatoms. The largest absolute Gasteiger partial charge is 0.469 e. The van der Waals surface area contributed by atoms with Crippen molar-refractivity contribution in [3.8, 4) is 0 Å². The highest BCUT2D eigenvalue weighted by Crippen LogP contribution is 2.25. The van der Waals surface area contributed by atoms with Crippen LogP contribution in [-0.4, -0.2) is 29.4 Å². The van der Waals surface area contributed by atoms with Gasteiger partial charge in [0.05, 0.1) is 19.2 Å². The molecule has 1 aromatic heterocycles. The maximum absolute atomic E-state index is 11.3. The van der Waals surface area contributed by atoms with Gasteiger partial charge in [0.25, 0.3) is 0 Å². The van der Waals surface area contributed by atoms with Crippen LogP contribution in [0.25, 0.3) is 0 Å². The number of aryl methyl sites for hydroxylation is 2. The first-order valence-electron chi connectivity index (χ1n) is 5.85. The molecule has 96 valence electrons. The molecule has 2 N–H and O–H groups in total. The Bertz CT molecular complexity index is 399. The fourth-order valence-corrected chi connectivity index (χ4v) is 2.20. The van der Waals surface area contributed by atoms with E-state index in [0.29, 0.717) is 13.0 Å². The smallest absolute Gasteiger partial charge is 0.306 e. The van der Waals surface area contributed by atoms with Crippen molar-refractivity contribution in [2.75, 3.05) is 13.7 Å². The van der Waals surface area contributed by atoms with Gasteiger partial charge in [-0.1, -0.05) is 0 Å². The molecule has 1 unspecified atom stereocenters. The maximum atomic E-state index is 11.3. The van der Waals surface area contributed by atoms with Crippen molar-refractivity contribution in [2.45, 2.75) is 39.7 Å². The van der Waals surface area contributed by atoms with Crippen LogP contribution in [0.4, 0.5) is 0 Å². The summed E-state index contributed by atoms with van der Waals surface area (Å²) in [6, 6.07) is 0. The number of esters is 1. The summed E-state index contributed by atoms with van der Waals surface area (Å²) in [5.74, 6) is -0.244. The minimum absolute atomic E-state index is 0.0113. The Morgan fingerprint density at radius 1 is 1.53 bits per heavy atom. The zero-order valence-electron chi connectivity index (χ0n) is 11.0. The third kappa shape index (κ3) is 2.85. The highest BCUT2D eigenvalue weighted by Gasteiger charge is 2.22. The summed E-state index contributed by atoms with van der Waals surface area (Å²) in [5.41, 5.74) is 8.87. The maximum Gasteiger partial charge on any atom is 0.306 e. The second kappa shape index (κ2) is 5.82. The van der Waals surface area contributed by atoms with E-state index in [9.17, 15) is 4.79 Å². The molecule has 1 heterocycles. The average Bonchev–Trinajstić information content (AvgIpc) is 2.61. The molecular formula is C12H21N3O2. The van der Waals surface area contributed by atoms with Gasteiger partial charge in [0.2, 0.25) is 0 Å². The van der Waals surface area contributed by atoms with Crippen molar-refractivity contribution >= 4 is 5.97 Å². The van der Waals surface area contributed by atoms with Crippen molar-refractivity contribution < 1.29 is 9.53 Å². The standard InChI is InChI=1S/C12H21N3O2/c1-5-15-9(3)12(8(2)14-15)10(7-13)6-11(16)17-4/h10H,5-7,13H2,1-4H3. The van der Waals surface area contributed by atoms with Gasteiger partial charge in [-0.25, -0.2) is 0 Å². The number of methoxy groups -OCH3 is 1. The van der Waals surface area contributed by atoms with Gasteiger partial charge in [0.15, 0.2) is 0 Å². The molecule has 0 saturated carbocycles. The summed E-state index contributed by atoms with van der Waals surface area (Å²) < 4.78 is 6.63. The highest BCUT2D eigenvalue weighted by molar-refractivity contribution is 5.70. The van der Waals surface area contributed by atoms with Gasteiger partial charge in [0, 0.05) is 23.7 Å². The second-order valence-electron chi connectivity index (χ2n) is 4.11. The van der Waals surface area contributed by atoms with Gasteiger partial charge < -0.3 is 10.5 Å². The molecule has 0 spiro atoms.